The van der Waals surface area contributed by atoms with Gasteiger partial charge in [0.25, 0.3) is 0 Å². The molecule has 1 aromatic heterocycles. The fourth-order valence-corrected chi connectivity index (χ4v) is 2.57. The first-order valence-electron chi connectivity index (χ1n) is 9.71. The summed E-state index contributed by atoms with van der Waals surface area (Å²) in [7, 11) is 0. The van der Waals surface area contributed by atoms with Crippen molar-refractivity contribution < 1.29 is 44.1 Å². The van der Waals surface area contributed by atoms with Crippen LogP contribution in [0.5, 0.6) is 0 Å². The number of H-pyrrole nitrogens is 1. The van der Waals surface area contributed by atoms with Crippen molar-refractivity contribution in [1.82, 2.24) is 25.9 Å². The summed E-state index contributed by atoms with van der Waals surface area (Å²) >= 11 is 0. The zero-order valence-corrected chi connectivity index (χ0v) is 17.6. The number of aromatic amines is 1. The van der Waals surface area contributed by atoms with Gasteiger partial charge in [0.2, 0.25) is 17.7 Å². The highest BCUT2D eigenvalue weighted by molar-refractivity contribution is 5.94. The van der Waals surface area contributed by atoms with E-state index < -0.39 is 66.2 Å². The van der Waals surface area contributed by atoms with Crippen LogP contribution in [0, 0.1) is 0 Å². The normalized spacial score (nSPS) is 14.2. The van der Waals surface area contributed by atoms with Crippen LogP contribution in [0.1, 0.15) is 31.9 Å². The van der Waals surface area contributed by atoms with Gasteiger partial charge in [-0.1, -0.05) is 0 Å². The van der Waals surface area contributed by atoms with E-state index in [0.29, 0.717) is 5.69 Å². The molecule has 0 fully saturated rings. The van der Waals surface area contributed by atoms with Crippen LogP contribution in [0.25, 0.3) is 0 Å². The van der Waals surface area contributed by atoms with Crippen molar-refractivity contribution in [3.8, 4) is 0 Å². The molecule has 0 aromatic carbocycles. The third-order valence-corrected chi connectivity index (χ3v) is 4.36. The van der Waals surface area contributed by atoms with Gasteiger partial charge in [0, 0.05) is 24.7 Å². The van der Waals surface area contributed by atoms with Crippen LogP contribution < -0.4 is 21.7 Å². The van der Waals surface area contributed by atoms with Gasteiger partial charge < -0.3 is 42.0 Å². The molecule has 0 saturated heterocycles. The molecule has 0 aliphatic rings. The Morgan fingerprint density at radius 3 is 2.12 bits per heavy atom. The molecule has 182 valence electrons. The number of carboxylic acid groups (broad SMARTS) is 3. The lowest BCUT2D eigenvalue weighted by Gasteiger charge is -2.23. The maximum absolute atomic E-state index is 12.7. The number of aromatic nitrogens is 2. The molecular weight excluding hydrogens is 444 g/mol. The number of hydrogen-bond acceptors (Lipinski definition) is 8. The molecule has 0 radical (unpaired) electrons. The maximum atomic E-state index is 12.7. The number of nitrogens with zero attached hydrogens (tertiary/aromatic N) is 1. The van der Waals surface area contributed by atoms with E-state index in [2.05, 4.69) is 20.6 Å². The molecule has 33 heavy (non-hydrogen) atoms. The first kappa shape index (κ1) is 27.0. The molecule has 4 unspecified atom stereocenters. The van der Waals surface area contributed by atoms with E-state index in [1.165, 1.54) is 19.4 Å². The number of hydrogen-bond donors (Lipinski definition) is 8. The Kier molecular flexibility index (Phi) is 10.4. The van der Waals surface area contributed by atoms with E-state index in [1.807, 2.05) is 5.32 Å². The van der Waals surface area contributed by atoms with Crippen LogP contribution in [-0.4, -0.2) is 85.1 Å². The second-order valence-electron chi connectivity index (χ2n) is 7.11. The van der Waals surface area contributed by atoms with Gasteiger partial charge in [0.1, 0.15) is 18.1 Å². The van der Waals surface area contributed by atoms with Gasteiger partial charge in [-0.05, 0) is 13.3 Å². The van der Waals surface area contributed by atoms with Gasteiger partial charge in [0.05, 0.1) is 18.8 Å². The van der Waals surface area contributed by atoms with E-state index in [1.54, 1.807) is 0 Å². The molecule has 0 aliphatic carbocycles. The Morgan fingerprint density at radius 2 is 1.61 bits per heavy atom. The number of carbonyl (C=O) groups excluding carboxylic acids is 3. The number of carbonyl (C=O) groups is 6. The highest BCUT2D eigenvalue weighted by Gasteiger charge is 2.29. The highest BCUT2D eigenvalue weighted by Crippen LogP contribution is 2.03. The van der Waals surface area contributed by atoms with Gasteiger partial charge in [-0.25, -0.2) is 9.78 Å². The summed E-state index contributed by atoms with van der Waals surface area (Å²) in [6.07, 6.45) is 1.27. The summed E-state index contributed by atoms with van der Waals surface area (Å²) in [6, 6.07) is -5.43. The third-order valence-electron chi connectivity index (χ3n) is 4.36. The van der Waals surface area contributed by atoms with E-state index in [-0.39, 0.29) is 19.3 Å². The molecule has 1 rings (SSSR count). The maximum Gasteiger partial charge on any atom is 0.326 e. The molecule has 15 heteroatoms. The zero-order valence-electron chi connectivity index (χ0n) is 17.6. The minimum absolute atomic E-state index is 0.0751. The smallest absolute Gasteiger partial charge is 0.326 e. The van der Waals surface area contributed by atoms with E-state index >= 15 is 0 Å². The third kappa shape index (κ3) is 9.77. The first-order valence-corrected chi connectivity index (χ1v) is 9.71. The molecule has 4 atom stereocenters. The largest absolute Gasteiger partial charge is 0.481 e. The number of nitrogens with two attached hydrogens (primary N) is 1. The lowest BCUT2D eigenvalue weighted by molar-refractivity contribution is -0.147. The Bertz CT molecular complexity index is 873. The Labute approximate surface area is 187 Å². The molecule has 0 bridgehead atoms. The van der Waals surface area contributed by atoms with Gasteiger partial charge in [-0.2, -0.15) is 0 Å². The lowest BCUT2D eigenvalue weighted by Crippen LogP contribution is -2.57. The molecule has 3 amide bonds. The minimum Gasteiger partial charge on any atom is -0.481 e. The van der Waals surface area contributed by atoms with E-state index in [4.69, 9.17) is 21.1 Å². The summed E-state index contributed by atoms with van der Waals surface area (Å²) in [5.41, 5.74) is 6.12. The topological polar surface area (TPSA) is 254 Å². The monoisotopic (exact) mass is 470 g/mol. The number of nitrogens with one attached hydrogen (secondary N) is 4. The van der Waals surface area contributed by atoms with Crippen LogP contribution in [0.3, 0.4) is 0 Å². The molecule has 0 saturated carbocycles. The van der Waals surface area contributed by atoms with Gasteiger partial charge in [-0.3, -0.25) is 24.0 Å². The quantitative estimate of drug-likeness (QED) is 0.137. The number of aliphatic carboxylic acids is 3. The summed E-state index contributed by atoms with van der Waals surface area (Å²) in [5, 5.41) is 33.2. The van der Waals surface area contributed by atoms with E-state index in [9.17, 15) is 28.8 Å². The molecule has 15 nitrogen and oxygen atoms in total. The number of imidazole rings is 1. The summed E-state index contributed by atoms with van der Waals surface area (Å²) in [5.74, 6) is -6.73. The molecule has 9 N–H and O–H groups in total. The fourth-order valence-electron chi connectivity index (χ4n) is 2.57. The number of amides is 3. The standard InChI is InChI=1S/C18H26N6O9/c1-8(15(29)24-12(18(32)33)5-14(27)28)22-17(31)11(4-9-6-20-7-21-9)23-16(30)10(19)2-3-13(25)26/h6-8,10-12H,2-5,19H2,1H3,(H,20,21)(H,22,31)(H,23,30)(H,24,29)(H,25,26)(H,27,28)(H,32,33). The molecule has 0 spiro atoms. The summed E-state index contributed by atoms with van der Waals surface area (Å²) in [4.78, 5) is 76.3. The Morgan fingerprint density at radius 1 is 0.970 bits per heavy atom. The van der Waals surface area contributed by atoms with Crippen molar-refractivity contribution in [2.45, 2.75) is 56.8 Å². The summed E-state index contributed by atoms with van der Waals surface area (Å²) in [6.45, 7) is 1.24. The van der Waals surface area contributed by atoms with Crippen LogP contribution in [0.2, 0.25) is 0 Å². The molecular formula is C18H26N6O9. The number of rotatable bonds is 14. The average molecular weight is 470 g/mol. The second kappa shape index (κ2) is 12.7. The average Bonchev–Trinajstić information content (AvgIpc) is 3.23. The first-order chi connectivity index (χ1) is 15.4. The summed E-state index contributed by atoms with van der Waals surface area (Å²) < 4.78 is 0. The SMILES string of the molecule is CC(NC(=O)C(Cc1cnc[nH]1)NC(=O)C(N)CCC(=O)O)C(=O)NC(CC(=O)O)C(=O)O. The van der Waals surface area contributed by atoms with Gasteiger partial charge in [-0.15, -0.1) is 0 Å². The lowest BCUT2D eigenvalue weighted by atomic mass is 10.1. The Balaban J connectivity index is 2.84. The fraction of sp³-hybridized carbons (Fsp3) is 0.500. The Hall–Kier alpha value is -4.01. The van der Waals surface area contributed by atoms with Gasteiger partial charge in [0.15, 0.2) is 0 Å². The van der Waals surface area contributed by atoms with Crippen LogP contribution in [-0.2, 0) is 35.2 Å². The molecule has 0 aliphatic heterocycles. The van der Waals surface area contributed by atoms with Crippen LogP contribution in [0.4, 0.5) is 0 Å². The number of carboxylic acids is 3. The zero-order chi connectivity index (χ0) is 25.1. The van der Waals surface area contributed by atoms with E-state index in [0.717, 1.165) is 0 Å². The van der Waals surface area contributed by atoms with Crippen molar-refractivity contribution in [3.63, 3.8) is 0 Å². The molecule has 1 heterocycles. The highest BCUT2D eigenvalue weighted by atomic mass is 16.4. The van der Waals surface area contributed by atoms with Crippen molar-refractivity contribution in [3.05, 3.63) is 18.2 Å². The predicted octanol–water partition coefficient (Wildman–Crippen LogP) is -2.82. The molecule has 1 aromatic rings. The van der Waals surface area contributed by atoms with Crippen molar-refractivity contribution in [1.29, 1.82) is 0 Å². The second-order valence-corrected chi connectivity index (χ2v) is 7.11. The van der Waals surface area contributed by atoms with Gasteiger partial charge >= 0.3 is 17.9 Å². The van der Waals surface area contributed by atoms with Crippen molar-refractivity contribution in [2.75, 3.05) is 0 Å². The van der Waals surface area contributed by atoms with Crippen LogP contribution >= 0.6 is 0 Å². The van der Waals surface area contributed by atoms with Crippen LogP contribution in [0.15, 0.2) is 12.5 Å². The van der Waals surface area contributed by atoms with Crippen molar-refractivity contribution in [2.24, 2.45) is 5.73 Å². The minimum atomic E-state index is -1.71. The van der Waals surface area contributed by atoms with Crippen molar-refractivity contribution >= 4 is 35.6 Å². The predicted molar refractivity (Wildman–Crippen MR) is 108 cm³/mol.